The van der Waals surface area contributed by atoms with Gasteiger partial charge in [0.05, 0.1) is 12.7 Å². The van der Waals surface area contributed by atoms with Crippen LogP contribution in [0.5, 0.6) is 0 Å². The molecule has 82 valence electrons. The zero-order valence-corrected chi connectivity index (χ0v) is 8.96. The van der Waals surface area contributed by atoms with Crippen molar-refractivity contribution in [3.63, 3.8) is 0 Å². The highest BCUT2D eigenvalue weighted by Crippen LogP contribution is 2.19. The van der Waals surface area contributed by atoms with Crippen LogP contribution >= 0.6 is 0 Å². The van der Waals surface area contributed by atoms with Gasteiger partial charge >= 0.3 is 0 Å². The quantitative estimate of drug-likeness (QED) is 0.497. The Morgan fingerprint density at radius 1 is 1.57 bits per heavy atom. The van der Waals surface area contributed by atoms with E-state index in [2.05, 4.69) is 11.4 Å². The molecular weight excluding hydrogens is 178 g/mol. The molecule has 1 unspecified atom stereocenters. The Balaban J connectivity index is 2.13. The summed E-state index contributed by atoms with van der Waals surface area (Å²) >= 11 is 0. The van der Waals surface area contributed by atoms with E-state index in [-0.39, 0.29) is 6.10 Å². The van der Waals surface area contributed by atoms with Crippen molar-refractivity contribution in [1.82, 2.24) is 5.32 Å². The van der Waals surface area contributed by atoms with Gasteiger partial charge in [-0.05, 0) is 31.3 Å². The number of ether oxygens (including phenoxy) is 1. The number of hydrogen-bond acceptors (Lipinski definition) is 3. The molecule has 0 amide bonds. The van der Waals surface area contributed by atoms with Gasteiger partial charge in [0.1, 0.15) is 0 Å². The van der Waals surface area contributed by atoms with Gasteiger partial charge in [0.2, 0.25) is 0 Å². The lowest BCUT2D eigenvalue weighted by atomic mass is 9.95. The van der Waals surface area contributed by atoms with Crippen LogP contribution < -0.4 is 5.32 Å². The third kappa shape index (κ3) is 4.22. The predicted octanol–water partition coefficient (Wildman–Crippen LogP) is 1.08. The van der Waals surface area contributed by atoms with Gasteiger partial charge in [0.25, 0.3) is 0 Å². The molecule has 0 bridgehead atoms. The maximum Gasteiger partial charge on any atom is 0.0874 e. The first-order valence-corrected chi connectivity index (χ1v) is 5.41. The summed E-state index contributed by atoms with van der Waals surface area (Å²) in [6.07, 6.45) is 6.57. The van der Waals surface area contributed by atoms with E-state index in [4.69, 9.17) is 4.74 Å². The zero-order valence-electron chi connectivity index (χ0n) is 8.96. The Bertz CT molecular complexity index is 180. The average Bonchev–Trinajstić information content (AvgIpc) is 2.25. The van der Waals surface area contributed by atoms with Gasteiger partial charge in [0.15, 0.2) is 0 Å². The molecule has 14 heavy (non-hydrogen) atoms. The fourth-order valence-corrected chi connectivity index (χ4v) is 1.71. The van der Waals surface area contributed by atoms with E-state index in [1.54, 1.807) is 7.11 Å². The molecule has 0 aromatic carbocycles. The van der Waals surface area contributed by atoms with Gasteiger partial charge in [-0.25, -0.2) is 0 Å². The van der Waals surface area contributed by atoms with Gasteiger partial charge in [-0.3, -0.25) is 0 Å². The molecule has 0 heterocycles. The SMILES string of the molecule is COCCNCC(O)C1=CCCCC1. The van der Waals surface area contributed by atoms with Crippen LogP contribution in [0.4, 0.5) is 0 Å². The molecule has 0 fully saturated rings. The van der Waals surface area contributed by atoms with Crippen molar-refractivity contribution in [3.05, 3.63) is 11.6 Å². The van der Waals surface area contributed by atoms with Crippen molar-refractivity contribution in [2.45, 2.75) is 31.8 Å². The number of hydrogen-bond donors (Lipinski definition) is 2. The van der Waals surface area contributed by atoms with Crippen molar-refractivity contribution in [1.29, 1.82) is 0 Å². The van der Waals surface area contributed by atoms with Crippen molar-refractivity contribution in [3.8, 4) is 0 Å². The van der Waals surface area contributed by atoms with Crippen LogP contribution in [0, 0.1) is 0 Å². The van der Waals surface area contributed by atoms with Crippen molar-refractivity contribution >= 4 is 0 Å². The predicted molar refractivity (Wildman–Crippen MR) is 57.3 cm³/mol. The lowest BCUT2D eigenvalue weighted by Gasteiger charge is -2.18. The van der Waals surface area contributed by atoms with E-state index in [0.29, 0.717) is 13.2 Å². The largest absolute Gasteiger partial charge is 0.387 e. The standard InChI is InChI=1S/C11H21NO2/c1-14-8-7-12-9-11(13)10-5-3-2-4-6-10/h5,11-13H,2-4,6-9H2,1H3. The minimum atomic E-state index is -0.299. The summed E-state index contributed by atoms with van der Waals surface area (Å²) < 4.78 is 4.91. The molecule has 0 saturated heterocycles. The maximum absolute atomic E-state index is 9.80. The molecule has 3 nitrogen and oxygen atoms in total. The Morgan fingerprint density at radius 2 is 2.43 bits per heavy atom. The molecule has 0 spiro atoms. The van der Waals surface area contributed by atoms with Crippen molar-refractivity contribution in [2.24, 2.45) is 0 Å². The van der Waals surface area contributed by atoms with Crippen LogP contribution in [0.15, 0.2) is 11.6 Å². The third-order valence-corrected chi connectivity index (χ3v) is 2.57. The van der Waals surface area contributed by atoms with E-state index in [1.165, 1.54) is 18.4 Å². The van der Waals surface area contributed by atoms with Gasteiger partial charge in [0, 0.05) is 20.2 Å². The molecule has 2 N–H and O–H groups in total. The van der Waals surface area contributed by atoms with E-state index >= 15 is 0 Å². The van der Waals surface area contributed by atoms with Crippen LogP contribution in [0.25, 0.3) is 0 Å². The van der Waals surface area contributed by atoms with E-state index in [0.717, 1.165) is 19.4 Å². The van der Waals surface area contributed by atoms with Crippen LogP contribution in [-0.4, -0.2) is 38.0 Å². The second-order valence-electron chi connectivity index (χ2n) is 3.74. The smallest absolute Gasteiger partial charge is 0.0874 e. The molecule has 0 aromatic heterocycles. The number of rotatable bonds is 6. The van der Waals surface area contributed by atoms with E-state index in [1.807, 2.05) is 0 Å². The van der Waals surface area contributed by atoms with Crippen LogP contribution in [-0.2, 0) is 4.74 Å². The number of methoxy groups -OCH3 is 1. The molecule has 1 aliphatic rings. The fraction of sp³-hybridized carbons (Fsp3) is 0.818. The van der Waals surface area contributed by atoms with Crippen LogP contribution in [0.1, 0.15) is 25.7 Å². The highest BCUT2D eigenvalue weighted by atomic mass is 16.5. The minimum absolute atomic E-state index is 0.299. The van der Waals surface area contributed by atoms with Crippen LogP contribution in [0.2, 0.25) is 0 Å². The molecule has 3 heteroatoms. The number of nitrogens with one attached hydrogen (secondary N) is 1. The highest BCUT2D eigenvalue weighted by Gasteiger charge is 2.12. The summed E-state index contributed by atoms with van der Waals surface area (Å²) in [4.78, 5) is 0. The summed E-state index contributed by atoms with van der Waals surface area (Å²) in [6.45, 7) is 2.15. The van der Waals surface area contributed by atoms with Gasteiger partial charge < -0.3 is 15.2 Å². The third-order valence-electron chi connectivity index (χ3n) is 2.57. The number of allylic oxidation sites excluding steroid dienone is 1. The molecule has 0 aromatic rings. The summed E-state index contributed by atoms with van der Waals surface area (Å²) in [5.41, 5.74) is 1.21. The summed E-state index contributed by atoms with van der Waals surface area (Å²) in [6, 6.07) is 0. The molecule has 0 saturated carbocycles. The topological polar surface area (TPSA) is 41.5 Å². The zero-order chi connectivity index (χ0) is 10.2. The normalized spacial score (nSPS) is 19.1. The lowest BCUT2D eigenvalue weighted by molar-refractivity contribution is 0.177. The first kappa shape index (κ1) is 11.7. The Kier molecular flexibility index (Phi) is 5.83. The second-order valence-corrected chi connectivity index (χ2v) is 3.74. The van der Waals surface area contributed by atoms with Crippen molar-refractivity contribution in [2.75, 3.05) is 26.8 Å². The first-order chi connectivity index (χ1) is 6.84. The molecule has 0 aliphatic heterocycles. The summed E-state index contributed by atoms with van der Waals surface area (Å²) in [5.74, 6) is 0. The fourth-order valence-electron chi connectivity index (χ4n) is 1.71. The monoisotopic (exact) mass is 199 g/mol. The second kappa shape index (κ2) is 6.98. The summed E-state index contributed by atoms with van der Waals surface area (Å²) in [7, 11) is 1.68. The Hall–Kier alpha value is -0.380. The average molecular weight is 199 g/mol. The Labute approximate surface area is 86.2 Å². The molecule has 1 rings (SSSR count). The summed E-state index contributed by atoms with van der Waals surface area (Å²) in [5, 5.41) is 13.0. The van der Waals surface area contributed by atoms with Gasteiger partial charge in [-0.15, -0.1) is 0 Å². The number of aliphatic hydroxyl groups is 1. The van der Waals surface area contributed by atoms with E-state index in [9.17, 15) is 5.11 Å². The maximum atomic E-state index is 9.80. The molecular formula is C11H21NO2. The van der Waals surface area contributed by atoms with Gasteiger partial charge in [-0.1, -0.05) is 6.08 Å². The first-order valence-electron chi connectivity index (χ1n) is 5.41. The molecule has 1 atom stereocenters. The van der Waals surface area contributed by atoms with Gasteiger partial charge in [-0.2, -0.15) is 0 Å². The van der Waals surface area contributed by atoms with E-state index < -0.39 is 0 Å². The number of aliphatic hydroxyl groups excluding tert-OH is 1. The van der Waals surface area contributed by atoms with Crippen LogP contribution in [0.3, 0.4) is 0 Å². The molecule has 0 radical (unpaired) electrons. The minimum Gasteiger partial charge on any atom is -0.387 e. The highest BCUT2D eigenvalue weighted by molar-refractivity contribution is 5.10. The molecule has 1 aliphatic carbocycles. The van der Waals surface area contributed by atoms with Crippen molar-refractivity contribution < 1.29 is 9.84 Å². The lowest BCUT2D eigenvalue weighted by Crippen LogP contribution is -2.31. The Morgan fingerprint density at radius 3 is 3.07 bits per heavy atom.